The maximum Gasteiger partial charge on any atom is 0.122 e. The lowest BCUT2D eigenvalue weighted by atomic mass is 10.1. The van der Waals surface area contributed by atoms with Gasteiger partial charge in [-0.25, -0.2) is 0 Å². The quantitative estimate of drug-likeness (QED) is 0.603. The molecule has 0 radical (unpaired) electrons. The Kier molecular flexibility index (Phi) is 13.6. The third-order valence-electron chi connectivity index (χ3n) is 1.81. The van der Waals surface area contributed by atoms with E-state index >= 15 is 0 Å². The average molecular weight is 197 g/mol. The number of hydrogen-bond acceptors (Lipinski definition) is 2. The minimum atomic E-state index is 0.204. The number of carbonyl (C=O) groups excluding carboxylic acids is 1. The first-order valence-corrected chi connectivity index (χ1v) is 5.55. The summed E-state index contributed by atoms with van der Waals surface area (Å²) in [6, 6.07) is 2.26. The molecule has 0 atom stereocenters. The van der Waals surface area contributed by atoms with Gasteiger partial charge in [0.2, 0.25) is 0 Å². The smallest absolute Gasteiger partial charge is 0.122 e. The summed E-state index contributed by atoms with van der Waals surface area (Å²) in [5.74, 6) is 0.606. The van der Waals surface area contributed by atoms with Crippen LogP contribution in [0.2, 0.25) is 0 Å². The summed E-state index contributed by atoms with van der Waals surface area (Å²) in [5, 5.41) is 8.32. The van der Waals surface area contributed by atoms with Crippen LogP contribution in [0.5, 0.6) is 0 Å². The maximum absolute atomic E-state index is 9.50. The fraction of sp³-hybridized carbons (Fsp3) is 0.833. The lowest BCUT2D eigenvalue weighted by Crippen LogP contribution is -1.83. The van der Waals surface area contributed by atoms with Crippen LogP contribution in [-0.4, -0.2) is 6.29 Å². The predicted octanol–water partition coefficient (Wildman–Crippen LogP) is 3.57. The Morgan fingerprint density at radius 3 is 1.79 bits per heavy atom. The molecule has 82 valence electrons. The molecule has 0 aromatic heterocycles. The molecule has 0 aromatic carbocycles. The monoisotopic (exact) mass is 197 g/mol. The topological polar surface area (TPSA) is 40.9 Å². The number of aldehydes is 1. The number of rotatable bonds is 1. The van der Waals surface area contributed by atoms with Crippen LogP contribution < -0.4 is 0 Å². The summed E-state index contributed by atoms with van der Waals surface area (Å²) in [7, 11) is 0. The molecule has 1 fully saturated rings. The summed E-state index contributed by atoms with van der Waals surface area (Å²) in [4.78, 5) is 9.50. The van der Waals surface area contributed by atoms with Crippen molar-refractivity contribution in [2.24, 2.45) is 11.8 Å². The summed E-state index contributed by atoms with van der Waals surface area (Å²) in [6.45, 7) is 7.71. The normalized spacial score (nSPS) is 14.6. The lowest BCUT2D eigenvalue weighted by Gasteiger charge is -1.87. The Labute approximate surface area is 88.3 Å². The van der Waals surface area contributed by atoms with Crippen molar-refractivity contribution in [1.29, 1.82) is 5.26 Å². The van der Waals surface area contributed by atoms with E-state index in [4.69, 9.17) is 5.26 Å². The molecule has 2 nitrogen and oxygen atoms in total. The Morgan fingerprint density at radius 1 is 1.29 bits per heavy atom. The van der Waals surface area contributed by atoms with Crippen LogP contribution in [0.15, 0.2) is 0 Å². The van der Waals surface area contributed by atoms with Crippen LogP contribution >= 0.6 is 0 Å². The molecular formula is C12H23NO. The minimum Gasteiger partial charge on any atom is -0.303 e. The van der Waals surface area contributed by atoms with Gasteiger partial charge in [-0.3, -0.25) is 0 Å². The minimum absolute atomic E-state index is 0.204. The van der Waals surface area contributed by atoms with Gasteiger partial charge in [-0.1, -0.05) is 40.5 Å². The lowest BCUT2D eigenvalue weighted by molar-refractivity contribution is -0.110. The third kappa shape index (κ3) is 11.2. The molecule has 0 N–H and O–H groups in total. The van der Waals surface area contributed by atoms with Crippen LogP contribution in [0.3, 0.4) is 0 Å². The molecule has 1 aliphatic rings. The Hall–Kier alpha value is -0.840. The predicted molar refractivity (Wildman–Crippen MR) is 59.8 cm³/mol. The zero-order valence-corrected chi connectivity index (χ0v) is 9.92. The van der Waals surface area contributed by atoms with E-state index in [1.807, 2.05) is 27.7 Å². The number of carbonyl (C=O) groups is 1. The van der Waals surface area contributed by atoms with Crippen molar-refractivity contribution in [2.45, 2.75) is 53.4 Å². The van der Waals surface area contributed by atoms with Crippen LogP contribution in [-0.2, 0) is 4.79 Å². The van der Waals surface area contributed by atoms with Gasteiger partial charge >= 0.3 is 0 Å². The molecule has 0 spiro atoms. The first-order chi connectivity index (χ1) is 6.70. The molecule has 0 unspecified atom stereocenters. The van der Waals surface area contributed by atoms with Crippen molar-refractivity contribution >= 4 is 6.29 Å². The van der Waals surface area contributed by atoms with E-state index in [-0.39, 0.29) is 5.92 Å². The standard InChI is InChI=1S/C6H9N.C4H8O.C2H6/c7-5-6-3-1-2-4-6;1-4(2)3-5;1-2/h6H,1-4H2;3-4H,1-2H3;1-2H3. The van der Waals surface area contributed by atoms with Gasteiger partial charge in [-0.2, -0.15) is 5.26 Å². The number of nitriles is 1. The third-order valence-corrected chi connectivity index (χ3v) is 1.81. The van der Waals surface area contributed by atoms with E-state index < -0.39 is 0 Å². The Morgan fingerprint density at radius 2 is 1.64 bits per heavy atom. The van der Waals surface area contributed by atoms with Gasteiger partial charge in [0.15, 0.2) is 0 Å². The van der Waals surface area contributed by atoms with Gasteiger partial charge in [0.1, 0.15) is 6.29 Å². The van der Waals surface area contributed by atoms with E-state index in [9.17, 15) is 4.79 Å². The second-order valence-corrected chi connectivity index (χ2v) is 3.49. The van der Waals surface area contributed by atoms with Crippen molar-refractivity contribution in [1.82, 2.24) is 0 Å². The second-order valence-electron chi connectivity index (χ2n) is 3.49. The summed E-state index contributed by atoms with van der Waals surface area (Å²) in [6.07, 6.45) is 5.77. The molecule has 1 aliphatic carbocycles. The fourth-order valence-corrected chi connectivity index (χ4v) is 1.05. The molecule has 0 bridgehead atoms. The highest BCUT2D eigenvalue weighted by Gasteiger charge is 2.12. The van der Waals surface area contributed by atoms with Gasteiger partial charge in [0, 0.05) is 11.8 Å². The van der Waals surface area contributed by atoms with Crippen molar-refractivity contribution < 1.29 is 4.79 Å². The zero-order valence-electron chi connectivity index (χ0n) is 9.92. The van der Waals surface area contributed by atoms with Crippen molar-refractivity contribution in [3.8, 4) is 6.07 Å². The largest absolute Gasteiger partial charge is 0.303 e. The van der Waals surface area contributed by atoms with Crippen LogP contribution in [0.4, 0.5) is 0 Å². The molecule has 2 heteroatoms. The van der Waals surface area contributed by atoms with Crippen molar-refractivity contribution in [2.75, 3.05) is 0 Å². The maximum atomic E-state index is 9.50. The van der Waals surface area contributed by atoms with Gasteiger partial charge in [0.25, 0.3) is 0 Å². The Bertz CT molecular complexity index is 152. The molecule has 0 amide bonds. The Balaban J connectivity index is 0. The highest BCUT2D eigenvalue weighted by Crippen LogP contribution is 2.23. The van der Waals surface area contributed by atoms with Crippen LogP contribution in [0.25, 0.3) is 0 Å². The molecule has 1 rings (SSSR count). The van der Waals surface area contributed by atoms with E-state index in [1.165, 1.54) is 12.8 Å². The molecule has 0 saturated heterocycles. The SMILES string of the molecule is CC.CC(C)C=O.N#CC1CCCC1. The van der Waals surface area contributed by atoms with Crippen molar-refractivity contribution in [3.63, 3.8) is 0 Å². The summed E-state index contributed by atoms with van der Waals surface area (Å²) < 4.78 is 0. The van der Waals surface area contributed by atoms with Gasteiger partial charge in [0.05, 0.1) is 6.07 Å². The highest BCUT2D eigenvalue weighted by molar-refractivity contribution is 5.51. The second kappa shape index (κ2) is 12.2. The van der Waals surface area contributed by atoms with Crippen molar-refractivity contribution in [3.05, 3.63) is 0 Å². The first-order valence-electron chi connectivity index (χ1n) is 5.55. The number of hydrogen-bond donors (Lipinski definition) is 0. The molecule has 0 aliphatic heterocycles. The molecule has 0 aromatic rings. The highest BCUT2D eigenvalue weighted by atomic mass is 16.1. The average Bonchev–Trinajstić information content (AvgIpc) is 2.74. The molecular weight excluding hydrogens is 174 g/mol. The van der Waals surface area contributed by atoms with Gasteiger partial charge < -0.3 is 4.79 Å². The summed E-state index contributed by atoms with van der Waals surface area (Å²) in [5.41, 5.74) is 0. The van der Waals surface area contributed by atoms with Gasteiger partial charge in [-0.05, 0) is 12.8 Å². The van der Waals surface area contributed by atoms with Crippen LogP contribution in [0, 0.1) is 23.2 Å². The van der Waals surface area contributed by atoms with Gasteiger partial charge in [-0.15, -0.1) is 0 Å². The van der Waals surface area contributed by atoms with Crippen LogP contribution in [0.1, 0.15) is 53.4 Å². The fourth-order valence-electron chi connectivity index (χ4n) is 1.05. The molecule has 0 heterocycles. The first kappa shape index (κ1) is 15.6. The summed E-state index contributed by atoms with van der Waals surface area (Å²) >= 11 is 0. The van der Waals surface area contributed by atoms with E-state index in [0.29, 0.717) is 5.92 Å². The van der Waals surface area contributed by atoms with E-state index in [0.717, 1.165) is 19.1 Å². The molecule has 1 saturated carbocycles. The zero-order chi connectivity index (χ0) is 11.4. The number of nitrogens with zero attached hydrogens (tertiary/aromatic N) is 1. The molecule has 14 heavy (non-hydrogen) atoms. The van der Waals surface area contributed by atoms with E-state index in [2.05, 4.69) is 6.07 Å². The van der Waals surface area contributed by atoms with E-state index in [1.54, 1.807) is 0 Å².